The van der Waals surface area contributed by atoms with Gasteiger partial charge in [-0.25, -0.2) is 4.79 Å². The average Bonchev–Trinajstić information content (AvgIpc) is 2.96. The molecule has 0 amide bonds. The van der Waals surface area contributed by atoms with E-state index in [1.807, 2.05) is 0 Å². The minimum Gasteiger partial charge on any atom is -0.497 e. The van der Waals surface area contributed by atoms with Crippen molar-refractivity contribution in [3.05, 3.63) is 74.3 Å². The molecule has 1 heterocycles. The van der Waals surface area contributed by atoms with Gasteiger partial charge in [-0.1, -0.05) is 35.0 Å². The minimum atomic E-state index is -0.636. The molecule has 0 aromatic heterocycles. The van der Waals surface area contributed by atoms with E-state index in [9.17, 15) is 14.9 Å². The Bertz CT molecular complexity index is 919. The molecule has 3 rings (SSSR count). The van der Waals surface area contributed by atoms with Crippen LogP contribution in [0.1, 0.15) is 11.1 Å². The number of carbonyl (C=O) groups is 1. The average molecular weight is 359 g/mol. The highest BCUT2D eigenvalue weighted by Gasteiger charge is 2.28. The lowest BCUT2D eigenvalue weighted by Gasteiger charge is -2.03. The molecule has 0 aliphatic carbocycles. The lowest BCUT2D eigenvalue weighted by molar-refractivity contribution is -0.384. The van der Waals surface area contributed by atoms with Crippen LogP contribution in [0.15, 0.2) is 53.2 Å². The number of oxime groups is 1. The molecule has 7 nitrogen and oxygen atoms in total. The SMILES string of the molecule is COc1ccc(/C=C2\C(=O)ON=C2c2ccc(Cl)c([N+](=O)[O-])c2)cc1. The number of methoxy groups -OCH3 is 1. The van der Waals surface area contributed by atoms with E-state index in [0.29, 0.717) is 11.3 Å². The molecule has 0 atom stereocenters. The van der Waals surface area contributed by atoms with E-state index in [-0.39, 0.29) is 22.0 Å². The first-order chi connectivity index (χ1) is 12.0. The van der Waals surface area contributed by atoms with Crippen LogP contribution in [0, 0.1) is 10.1 Å². The summed E-state index contributed by atoms with van der Waals surface area (Å²) in [5.41, 5.74) is 1.22. The highest BCUT2D eigenvalue weighted by Crippen LogP contribution is 2.28. The third-order valence-electron chi connectivity index (χ3n) is 3.54. The molecular weight excluding hydrogens is 348 g/mol. The van der Waals surface area contributed by atoms with Crippen LogP contribution in [0.2, 0.25) is 5.02 Å². The summed E-state index contributed by atoms with van der Waals surface area (Å²) >= 11 is 5.82. The van der Waals surface area contributed by atoms with Gasteiger partial charge in [0, 0.05) is 11.6 Å². The van der Waals surface area contributed by atoms with Crippen LogP contribution in [0.4, 0.5) is 5.69 Å². The number of nitro benzene ring substituents is 1. The van der Waals surface area contributed by atoms with E-state index in [4.69, 9.17) is 21.2 Å². The molecular formula is C17H11ClN2O5. The summed E-state index contributed by atoms with van der Waals surface area (Å²) in [6.07, 6.45) is 1.59. The van der Waals surface area contributed by atoms with Gasteiger partial charge in [0.1, 0.15) is 16.5 Å². The van der Waals surface area contributed by atoms with Crippen LogP contribution in [0.25, 0.3) is 6.08 Å². The van der Waals surface area contributed by atoms with Gasteiger partial charge < -0.3 is 9.57 Å². The van der Waals surface area contributed by atoms with Gasteiger partial charge in [-0.2, -0.15) is 0 Å². The van der Waals surface area contributed by atoms with Crippen LogP contribution in [0.5, 0.6) is 5.75 Å². The van der Waals surface area contributed by atoms with E-state index in [2.05, 4.69) is 5.16 Å². The minimum absolute atomic E-state index is 0.000255. The number of hydrogen-bond donors (Lipinski definition) is 0. The summed E-state index contributed by atoms with van der Waals surface area (Å²) in [6.45, 7) is 0. The maximum Gasteiger partial charge on any atom is 0.368 e. The number of hydrogen-bond acceptors (Lipinski definition) is 6. The third kappa shape index (κ3) is 3.36. The molecule has 0 unspecified atom stereocenters. The van der Waals surface area contributed by atoms with Crippen LogP contribution >= 0.6 is 11.6 Å². The van der Waals surface area contributed by atoms with Crippen molar-refractivity contribution in [1.29, 1.82) is 0 Å². The van der Waals surface area contributed by atoms with Crippen LogP contribution < -0.4 is 4.74 Å². The Labute approximate surface area is 147 Å². The third-order valence-corrected chi connectivity index (χ3v) is 3.86. The Morgan fingerprint density at radius 3 is 2.60 bits per heavy atom. The molecule has 0 saturated heterocycles. The van der Waals surface area contributed by atoms with Crippen LogP contribution in [-0.2, 0) is 9.63 Å². The van der Waals surface area contributed by atoms with Crippen molar-refractivity contribution >= 4 is 35.0 Å². The lowest BCUT2D eigenvalue weighted by Crippen LogP contribution is -2.07. The van der Waals surface area contributed by atoms with E-state index in [1.54, 1.807) is 37.5 Å². The Hall–Kier alpha value is -3.19. The summed E-state index contributed by atoms with van der Waals surface area (Å²) in [4.78, 5) is 27.2. The predicted octanol–water partition coefficient (Wildman–Crippen LogP) is 3.60. The summed E-state index contributed by atoms with van der Waals surface area (Å²) in [5.74, 6) is 0.0433. The summed E-state index contributed by atoms with van der Waals surface area (Å²) < 4.78 is 5.09. The van der Waals surface area contributed by atoms with Gasteiger partial charge in [-0.15, -0.1) is 0 Å². The van der Waals surface area contributed by atoms with Crippen molar-refractivity contribution in [3.63, 3.8) is 0 Å². The zero-order valence-electron chi connectivity index (χ0n) is 12.9. The topological polar surface area (TPSA) is 91.0 Å². The molecule has 1 aliphatic heterocycles. The maximum absolute atomic E-state index is 12.0. The Morgan fingerprint density at radius 1 is 1.24 bits per heavy atom. The summed E-state index contributed by atoms with van der Waals surface area (Å²) in [5, 5.41) is 14.8. The molecule has 25 heavy (non-hydrogen) atoms. The quantitative estimate of drug-likeness (QED) is 0.360. The highest BCUT2D eigenvalue weighted by atomic mass is 35.5. The van der Waals surface area contributed by atoms with Crippen molar-refractivity contribution in [3.8, 4) is 5.75 Å². The van der Waals surface area contributed by atoms with Gasteiger partial charge in [0.2, 0.25) is 0 Å². The van der Waals surface area contributed by atoms with Gasteiger partial charge >= 0.3 is 5.97 Å². The van der Waals surface area contributed by atoms with Crippen molar-refractivity contribution in [2.45, 2.75) is 0 Å². The molecule has 0 saturated carbocycles. The molecule has 0 radical (unpaired) electrons. The molecule has 0 N–H and O–H groups in total. The van der Waals surface area contributed by atoms with Gasteiger partial charge in [-0.3, -0.25) is 10.1 Å². The van der Waals surface area contributed by atoms with Crippen molar-refractivity contribution in [1.82, 2.24) is 0 Å². The second kappa shape index (κ2) is 6.74. The fourth-order valence-corrected chi connectivity index (χ4v) is 2.47. The van der Waals surface area contributed by atoms with Crippen molar-refractivity contribution < 1.29 is 19.3 Å². The molecule has 1 aliphatic rings. The second-order valence-electron chi connectivity index (χ2n) is 5.07. The van der Waals surface area contributed by atoms with Gasteiger partial charge in [0.25, 0.3) is 5.69 Å². The van der Waals surface area contributed by atoms with Crippen LogP contribution in [0.3, 0.4) is 0 Å². The smallest absolute Gasteiger partial charge is 0.368 e. The number of benzene rings is 2. The van der Waals surface area contributed by atoms with Gasteiger partial charge in [0.15, 0.2) is 0 Å². The van der Waals surface area contributed by atoms with E-state index in [1.165, 1.54) is 18.2 Å². The number of ether oxygens (including phenoxy) is 1. The molecule has 8 heteroatoms. The van der Waals surface area contributed by atoms with Crippen molar-refractivity contribution in [2.75, 3.05) is 7.11 Å². The number of nitrogens with zero attached hydrogens (tertiary/aromatic N) is 2. The zero-order valence-corrected chi connectivity index (χ0v) is 13.7. The largest absolute Gasteiger partial charge is 0.497 e. The zero-order chi connectivity index (χ0) is 18.0. The molecule has 126 valence electrons. The molecule has 0 bridgehead atoms. The summed E-state index contributed by atoms with van der Waals surface area (Å²) in [7, 11) is 1.56. The maximum atomic E-state index is 12.0. The first-order valence-corrected chi connectivity index (χ1v) is 7.47. The first kappa shape index (κ1) is 16.7. The Kier molecular flexibility index (Phi) is 4.49. The molecule has 2 aromatic rings. The highest BCUT2D eigenvalue weighted by molar-refractivity contribution is 6.34. The van der Waals surface area contributed by atoms with Crippen molar-refractivity contribution in [2.24, 2.45) is 5.16 Å². The van der Waals surface area contributed by atoms with E-state index < -0.39 is 10.9 Å². The normalized spacial score (nSPS) is 15.0. The fraction of sp³-hybridized carbons (Fsp3) is 0.0588. The monoisotopic (exact) mass is 358 g/mol. The predicted molar refractivity (Wildman–Crippen MR) is 91.7 cm³/mol. The molecule has 0 spiro atoms. The number of halogens is 1. The van der Waals surface area contributed by atoms with Gasteiger partial charge in [0.05, 0.1) is 17.6 Å². The number of rotatable bonds is 4. The Morgan fingerprint density at radius 2 is 1.96 bits per heavy atom. The van der Waals surface area contributed by atoms with Crippen LogP contribution in [-0.4, -0.2) is 23.7 Å². The fourth-order valence-electron chi connectivity index (χ4n) is 2.28. The van der Waals surface area contributed by atoms with E-state index >= 15 is 0 Å². The molecule has 0 fully saturated rings. The first-order valence-electron chi connectivity index (χ1n) is 7.09. The van der Waals surface area contributed by atoms with E-state index in [0.717, 1.165) is 5.56 Å². The van der Waals surface area contributed by atoms with Gasteiger partial charge in [-0.05, 0) is 29.8 Å². The number of carbonyl (C=O) groups excluding carboxylic acids is 1. The molecule has 2 aromatic carbocycles. The summed E-state index contributed by atoms with van der Waals surface area (Å²) in [6, 6.07) is 11.2. The lowest BCUT2D eigenvalue weighted by atomic mass is 10.00. The standard InChI is InChI=1S/C17H11ClN2O5/c1-24-12-5-2-10(3-6-12)8-13-16(19-25-17(13)21)11-4-7-14(18)15(9-11)20(22)23/h2-9H,1H3/b13-8-. The Balaban J connectivity index is 2.01. The number of nitro groups is 1. The second-order valence-corrected chi connectivity index (χ2v) is 5.48.